The van der Waals surface area contributed by atoms with E-state index in [9.17, 15) is 0 Å². The van der Waals surface area contributed by atoms with Gasteiger partial charge in [0.25, 0.3) is 0 Å². The predicted molar refractivity (Wildman–Crippen MR) is 77.4 cm³/mol. The van der Waals surface area contributed by atoms with E-state index in [2.05, 4.69) is 35.4 Å². The van der Waals surface area contributed by atoms with Gasteiger partial charge in [-0.25, -0.2) is 0 Å². The third-order valence-electron chi connectivity index (χ3n) is 3.15. The van der Waals surface area contributed by atoms with Crippen LogP contribution in [0.15, 0.2) is 48.7 Å². The molecule has 0 spiro atoms. The van der Waals surface area contributed by atoms with Gasteiger partial charge in [0.1, 0.15) is 5.75 Å². The fourth-order valence-corrected chi connectivity index (χ4v) is 1.99. The highest BCUT2D eigenvalue weighted by Gasteiger charge is 2.05. The molecule has 1 atom stereocenters. The maximum Gasteiger partial charge on any atom is 0.119 e. The van der Waals surface area contributed by atoms with Gasteiger partial charge in [0.05, 0.1) is 7.11 Å². The number of rotatable bonds is 6. The number of benzene rings is 1. The molecule has 3 nitrogen and oxygen atoms in total. The zero-order chi connectivity index (χ0) is 13.5. The number of methoxy groups -OCH3 is 1. The molecule has 19 heavy (non-hydrogen) atoms. The monoisotopic (exact) mass is 256 g/mol. The Morgan fingerprint density at radius 1 is 1.21 bits per heavy atom. The van der Waals surface area contributed by atoms with Gasteiger partial charge in [-0.3, -0.25) is 4.98 Å². The molecule has 1 N–H and O–H groups in total. The van der Waals surface area contributed by atoms with E-state index >= 15 is 0 Å². The summed E-state index contributed by atoms with van der Waals surface area (Å²) in [6, 6.07) is 14.5. The summed E-state index contributed by atoms with van der Waals surface area (Å²) in [5.74, 6) is 0.899. The number of hydrogen-bond donors (Lipinski definition) is 1. The fraction of sp³-hybridized carbons (Fsp3) is 0.312. The molecule has 0 radical (unpaired) electrons. The van der Waals surface area contributed by atoms with E-state index in [1.165, 1.54) is 5.56 Å². The summed E-state index contributed by atoms with van der Waals surface area (Å²) in [5, 5.41) is 3.50. The van der Waals surface area contributed by atoms with Crippen molar-refractivity contribution >= 4 is 0 Å². The number of ether oxygens (including phenoxy) is 1. The highest BCUT2D eigenvalue weighted by molar-refractivity contribution is 5.30. The molecule has 100 valence electrons. The lowest BCUT2D eigenvalue weighted by Crippen LogP contribution is -2.21. The third-order valence-corrected chi connectivity index (χ3v) is 3.15. The SMILES string of the molecule is COc1cccc([C@@H](C)NCCc2ccccn2)c1. The van der Waals surface area contributed by atoms with Gasteiger partial charge in [0, 0.05) is 30.9 Å². The summed E-state index contributed by atoms with van der Waals surface area (Å²) < 4.78 is 5.24. The van der Waals surface area contributed by atoms with Gasteiger partial charge in [0.15, 0.2) is 0 Å². The molecule has 2 aromatic rings. The number of nitrogens with one attached hydrogen (secondary N) is 1. The first-order valence-corrected chi connectivity index (χ1v) is 6.57. The predicted octanol–water partition coefficient (Wildman–Crippen LogP) is 2.98. The highest BCUT2D eigenvalue weighted by atomic mass is 16.5. The van der Waals surface area contributed by atoms with Crippen LogP contribution in [0.1, 0.15) is 24.2 Å². The van der Waals surface area contributed by atoms with Crippen molar-refractivity contribution < 1.29 is 4.74 Å². The molecule has 0 bridgehead atoms. The van der Waals surface area contributed by atoms with Crippen molar-refractivity contribution in [1.82, 2.24) is 10.3 Å². The maximum absolute atomic E-state index is 5.24. The van der Waals surface area contributed by atoms with E-state index in [1.54, 1.807) is 7.11 Å². The molecule has 0 aliphatic carbocycles. The van der Waals surface area contributed by atoms with E-state index in [0.717, 1.165) is 24.4 Å². The van der Waals surface area contributed by atoms with Gasteiger partial charge in [0.2, 0.25) is 0 Å². The molecule has 0 unspecified atom stereocenters. The largest absolute Gasteiger partial charge is 0.497 e. The van der Waals surface area contributed by atoms with Crippen molar-refractivity contribution in [3.05, 3.63) is 59.9 Å². The quantitative estimate of drug-likeness (QED) is 0.862. The van der Waals surface area contributed by atoms with E-state index in [-0.39, 0.29) is 0 Å². The Bertz CT molecular complexity index is 499. The van der Waals surface area contributed by atoms with Gasteiger partial charge >= 0.3 is 0 Å². The van der Waals surface area contributed by atoms with E-state index in [4.69, 9.17) is 4.74 Å². The van der Waals surface area contributed by atoms with Crippen LogP contribution in [-0.4, -0.2) is 18.6 Å². The summed E-state index contributed by atoms with van der Waals surface area (Å²) in [6.45, 7) is 3.07. The second kappa shape index (κ2) is 6.90. The first kappa shape index (κ1) is 13.6. The molecule has 3 heteroatoms. The Labute approximate surface area is 114 Å². The van der Waals surface area contributed by atoms with Crippen LogP contribution in [0, 0.1) is 0 Å². The summed E-state index contributed by atoms with van der Waals surface area (Å²) in [4.78, 5) is 4.32. The van der Waals surface area contributed by atoms with Gasteiger partial charge in [-0.15, -0.1) is 0 Å². The first-order valence-electron chi connectivity index (χ1n) is 6.57. The Hall–Kier alpha value is -1.87. The maximum atomic E-state index is 5.24. The topological polar surface area (TPSA) is 34.1 Å². The van der Waals surface area contributed by atoms with Crippen molar-refractivity contribution in [3.63, 3.8) is 0 Å². The van der Waals surface area contributed by atoms with Crippen LogP contribution in [0.5, 0.6) is 5.75 Å². The van der Waals surface area contributed by atoms with Gasteiger partial charge in [-0.1, -0.05) is 18.2 Å². The molecule has 0 saturated carbocycles. The molecule has 0 aliphatic rings. The summed E-state index contributed by atoms with van der Waals surface area (Å²) in [6.07, 6.45) is 2.77. The van der Waals surface area contributed by atoms with Crippen LogP contribution in [-0.2, 0) is 6.42 Å². The average Bonchev–Trinajstić information content (AvgIpc) is 2.48. The fourth-order valence-electron chi connectivity index (χ4n) is 1.99. The Kier molecular flexibility index (Phi) is 4.93. The molecule has 1 heterocycles. The molecule has 0 saturated heterocycles. The lowest BCUT2D eigenvalue weighted by Gasteiger charge is -2.15. The number of nitrogens with zero attached hydrogens (tertiary/aromatic N) is 1. The van der Waals surface area contributed by atoms with Crippen LogP contribution in [0.25, 0.3) is 0 Å². The second-order valence-electron chi connectivity index (χ2n) is 4.52. The number of hydrogen-bond acceptors (Lipinski definition) is 3. The van der Waals surface area contributed by atoms with Gasteiger partial charge in [-0.05, 0) is 36.8 Å². The van der Waals surface area contributed by atoms with Crippen molar-refractivity contribution in [2.24, 2.45) is 0 Å². The van der Waals surface area contributed by atoms with Crippen molar-refractivity contribution in [2.75, 3.05) is 13.7 Å². The van der Waals surface area contributed by atoms with E-state index in [1.807, 2.05) is 30.5 Å². The lowest BCUT2D eigenvalue weighted by molar-refractivity contribution is 0.413. The first-order chi connectivity index (χ1) is 9.29. The molecular weight excluding hydrogens is 236 g/mol. The molecule has 0 fully saturated rings. The smallest absolute Gasteiger partial charge is 0.119 e. The summed E-state index contributed by atoms with van der Waals surface area (Å²) >= 11 is 0. The zero-order valence-electron chi connectivity index (χ0n) is 11.5. The van der Waals surface area contributed by atoms with Crippen molar-refractivity contribution in [3.8, 4) is 5.75 Å². The minimum Gasteiger partial charge on any atom is -0.497 e. The lowest BCUT2D eigenvalue weighted by atomic mass is 10.1. The van der Waals surface area contributed by atoms with Crippen molar-refractivity contribution in [2.45, 2.75) is 19.4 Å². The van der Waals surface area contributed by atoms with Crippen LogP contribution in [0.4, 0.5) is 0 Å². The second-order valence-corrected chi connectivity index (χ2v) is 4.52. The van der Waals surface area contributed by atoms with Crippen molar-refractivity contribution in [1.29, 1.82) is 0 Å². The minimum atomic E-state index is 0.304. The zero-order valence-corrected chi connectivity index (χ0v) is 11.5. The van der Waals surface area contributed by atoms with Crippen LogP contribution < -0.4 is 10.1 Å². The van der Waals surface area contributed by atoms with Gasteiger partial charge in [-0.2, -0.15) is 0 Å². The number of aromatic nitrogens is 1. The summed E-state index contributed by atoms with van der Waals surface area (Å²) in [5.41, 5.74) is 2.35. The molecule has 1 aromatic heterocycles. The van der Waals surface area contributed by atoms with E-state index in [0.29, 0.717) is 6.04 Å². The van der Waals surface area contributed by atoms with E-state index < -0.39 is 0 Å². The summed E-state index contributed by atoms with van der Waals surface area (Å²) in [7, 11) is 1.69. The Morgan fingerprint density at radius 2 is 2.11 bits per heavy atom. The van der Waals surface area contributed by atoms with Crippen LogP contribution in [0.2, 0.25) is 0 Å². The molecule has 2 rings (SSSR count). The Morgan fingerprint density at radius 3 is 2.84 bits per heavy atom. The third kappa shape index (κ3) is 4.07. The van der Waals surface area contributed by atoms with Crippen LogP contribution in [0.3, 0.4) is 0 Å². The minimum absolute atomic E-state index is 0.304. The molecule has 0 amide bonds. The van der Waals surface area contributed by atoms with Crippen LogP contribution >= 0.6 is 0 Å². The van der Waals surface area contributed by atoms with Gasteiger partial charge < -0.3 is 10.1 Å². The molecular formula is C16H20N2O. The molecule has 1 aromatic carbocycles. The highest BCUT2D eigenvalue weighted by Crippen LogP contribution is 2.18. The standard InChI is InChI=1S/C16H20N2O/c1-13(14-6-5-8-16(12-14)19-2)17-11-9-15-7-3-4-10-18-15/h3-8,10,12-13,17H,9,11H2,1-2H3/t13-/m1/s1. The molecule has 0 aliphatic heterocycles. The Balaban J connectivity index is 1.85. The normalized spacial score (nSPS) is 12.1. The number of pyridine rings is 1. The average molecular weight is 256 g/mol.